The van der Waals surface area contributed by atoms with Crippen LogP contribution in [0.4, 0.5) is 0 Å². The van der Waals surface area contributed by atoms with Crippen molar-refractivity contribution in [2.75, 3.05) is 6.61 Å². The molecular weight excluding hydrogens is 260 g/mol. The maximum atomic E-state index is 12.3. The van der Waals surface area contributed by atoms with Crippen molar-refractivity contribution >= 4 is 5.97 Å². The van der Waals surface area contributed by atoms with Gasteiger partial charge < -0.3 is 10.2 Å². The molecule has 0 saturated heterocycles. The molecule has 0 amide bonds. The molecule has 0 fully saturated rings. The average Bonchev–Trinajstić information content (AvgIpc) is 2.68. The minimum atomic E-state index is -1.21. The second kappa shape index (κ2) is 5.34. The van der Waals surface area contributed by atoms with E-state index < -0.39 is 11.5 Å². The largest absolute Gasteiger partial charge is 0.477 e. The second-order valence-electron chi connectivity index (χ2n) is 4.67. The maximum absolute atomic E-state index is 12.3. The first-order valence-electron chi connectivity index (χ1n) is 6.21. The van der Waals surface area contributed by atoms with Crippen LogP contribution in [0.3, 0.4) is 0 Å². The van der Waals surface area contributed by atoms with Crippen LogP contribution < -0.4 is 5.56 Å². The third-order valence-corrected chi connectivity index (χ3v) is 3.16. The minimum absolute atomic E-state index is 0.00881. The zero-order chi connectivity index (χ0) is 14.9. The normalized spacial score (nSPS) is 10.8. The zero-order valence-electron chi connectivity index (χ0n) is 11.3. The monoisotopic (exact) mass is 276 g/mol. The SMILES string of the molecule is Cc1ccc(-n2[nH]c(C(=O)O)c(CCO)c2=O)c(C)c1. The summed E-state index contributed by atoms with van der Waals surface area (Å²) in [5.41, 5.74) is 1.99. The molecule has 6 nitrogen and oxygen atoms in total. The number of aryl methyl sites for hydroxylation is 2. The first-order chi connectivity index (χ1) is 9.45. The van der Waals surface area contributed by atoms with Gasteiger partial charge in [0.25, 0.3) is 5.56 Å². The number of hydrogen-bond donors (Lipinski definition) is 3. The molecule has 1 aromatic heterocycles. The lowest BCUT2D eigenvalue weighted by molar-refractivity contribution is 0.0688. The van der Waals surface area contributed by atoms with Gasteiger partial charge in [0.2, 0.25) is 0 Å². The highest BCUT2D eigenvalue weighted by atomic mass is 16.4. The number of benzene rings is 1. The summed E-state index contributed by atoms with van der Waals surface area (Å²) in [7, 11) is 0. The fourth-order valence-corrected chi connectivity index (χ4v) is 2.22. The Hall–Kier alpha value is -2.34. The van der Waals surface area contributed by atoms with Crippen LogP contribution in [0.2, 0.25) is 0 Å². The van der Waals surface area contributed by atoms with E-state index in [2.05, 4.69) is 5.10 Å². The number of carbonyl (C=O) groups is 1. The van der Waals surface area contributed by atoms with Crippen LogP contribution in [0.15, 0.2) is 23.0 Å². The molecule has 0 unspecified atom stereocenters. The molecule has 0 aliphatic rings. The Bertz CT molecular complexity index is 712. The Kier molecular flexibility index (Phi) is 3.76. The van der Waals surface area contributed by atoms with Crippen molar-refractivity contribution in [3.8, 4) is 5.69 Å². The van der Waals surface area contributed by atoms with E-state index in [1.807, 2.05) is 26.0 Å². The summed E-state index contributed by atoms with van der Waals surface area (Å²) in [5.74, 6) is -1.21. The predicted octanol–water partition coefficient (Wildman–Crippen LogP) is 1.02. The third kappa shape index (κ3) is 2.37. The lowest BCUT2D eigenvalue weighted by Crippen LogP contribution is -2.19. The van der Waals surface area contributed by atoms with Crippen molar-refractivity contribution < 1.29 is 15.0 Å². The Morgan fingerprint density at radius 2 is 2.05 bits per heavy atom. The highest BCUT2D eigenvalue weighted by Crippen LogP contribution is 2.15. The number of hydrogen-bond acceptors (Lipinski definition) is 3. The minimum Gasteiger partial charge on any atom is -0.477 e. The van der Waals surface area contributed by atoms with Gasteiger partial charge in [-0.05, 0) is 25.5 Å². The first kappa shape index (κ1) is 14.1. The van der Waals surface area contributed by atoms with Crippen LogP contribution in [0.1, 0.15) is 27.2 Å². The topological polar surface area (TPSA) is 95.3 Å². The molecule has 3 N–H and O–H groups in total. The molecule has 20 heavy (non-hydrogen) atoms. The van der Waals surface area contributed by atoms with E-state index in [1.165, 1.54) is 4.68 Å². The van der Waals surface area contributed by atoms with Crippen LogP contribution in [0.5, 0.6) is 0 Å². The van der Waals surface area contributed by atoms with Crippen LogP contribution in [0, 0.1) is 13.8 Å². The quantitative estimate of drug-likeness (QED) is 0.776. The molecule has 2 rings (SSSR count). The van der Waals surface area contributed by atoms with Crippen molar-refractivity contribution in [2.24, 2.45) is 0 Å². The maximum Gasteiger partial charge on any atom is 0.354 e. The summed E-state index contributed by atoms with van der Waals surface area (Å²) >= 11 is 0. The number of aromatic carboxylic acids is 1. The summed E-state index contributed by atoms with van der Waals surface area (Å²) < 4.78 is 1.21. The van der Waals surface area contributed by atoms with Crippen LogP contribution in [-0.2, 0) is 6.42 Å². The van der Waals surface area contributed by atoms with Gasteiger partial charge in [0.05, 0.1) is 11.3 Å². The fourth-order valence-electron chi connectivity index (χ4n) is 2.22. The Morgan fingerprint density at radius 1 is 1.35 bits per heavy atom. The van der Waals surface area contributed by atoms with Crippen molar-refractivity contribution in [3.63, 3.8) is 0 Å². The Morgan fingerprint density at radius 3 is 2.60 bits per heavy atom. The highest BCUT2D eigenvalue weighted by molar-refractivity contribution is 5.87. The van der Waals surface area contributed by atoms with Crippen molar-refractivity contribution in [1.29, 1.82) is 0 Å². The van der Waals surface area contributed by atoms with Gasteiger partial charge in [-0.1, -0.05) is 17.7 Å². The predicted molar refractivity (Wildman–Crippen MR) is 73.6 cm³/mol. The van der Waals surface area contributed by atoms with Crippen molar-refractivity contribution in [3.05, 3.63) is 50.9 Å². The number of aromatic amines is 1. The van der Waals surface area contributed by atoms with E-state index in [1.54, 1.807) is 6.07 Å². The van der Waals surface area contributed by atoms with Crippen LogP contribution >= 0.6 is 0 Å². The molecule has 6 heteroatoms. The number of aromatic nitrogens is 2. The molecule has 0 saturated carbocycles. The van der Waals surface area contributed by atoms with E-state index >= 15 is 0 Å². The second-order valence-corrected chi connectivity index (χ2v) is 4.67. The standard InChI is InChI=1S/C14H16N2O4/c1-8-3-4-11(9(2)7-8)16-13(18)10(5-6-17)12(15-16)14(19)20/h3-4,7,15,17H,5-6H2,1-2H3,(H,19,20). The smallest absolute Gasteiger partial charge is 0.354 e. The van der Waals surface area contributed by atoms with E-state index in [9.17, 15) is 9.59 Å². The molecule has 0 aliphatic carbocycles. The number of aliphatic hydroxyl groups is 1. The first-order valence-corrected chi connectivity index (χ1v) is 6.21. The number of carboxylic acids is 1. The van der Waals surface area contributed by atoms with Gasteiger partial charge in [0.1, 0.15) is 5.69 Å². The molecule has 0 spiro atoms. The number of aliphatic hydroxyl groups excluding tert-OH is 1. The van der Waals surface area contributed by atoms with Crippen LogP contribution in [0.25, 0.3) is 5.69 Å². The van der Waals surface area contributed by atoms with Gasteiger partial charge >= 0.3 is 5.97 Å². The molecule has 1 heterocycles. The van der Waals surface area contributed by atoms with Gasteiger partial charge in [0, 0.05) is 13.0 Å². The lowest BCUT2D eigenvalue weighted by Gasteiger charge is -2.06. The van der Waals surface area contributed by atoms with Crippen LogP contribution in [-0.4, -0.2) is 32.6 Å². The number of nitrogens with zero attached hydrogens (tertiary/aromatic N) is 1. The number of carboxylic acid groups (broad SMARTS) is 1. The van der Waals surface area contributed by atoms with E-state index in [4.69, 9.17) is 10.2 Å². The number of H-pyrrole nitrogens is 1. The summed E-state index contributed by atoms with van der Waals surface area (Å²) in [6.07, 6.45) is 0.00881. The van der Waals surface area contributed by atoms with Gasteiger partial charge in [-0.2, -0.15) is 0 Å². The fraction of sp³-hybridized carbons (Fsp3) is 0.286. The lowest BCUT2D eigenvalue weighted by atomic mass is 10.1. The Balaban J connectivity index is 2.66. The number of nitrogens with one attached hydrogen (secondary N) is 1. The van der Waals surface area contributed by atoms with Gasteiger partial charge in [-0.25, -0.2) is 9.48 Å². The molecule has 106 valence electrons. The molecule has 0 bridgehead atoms. The van der Waals surface area contributed by atoms with E-state index in [0.29, 0.717) is 5.69 Å². The Labute approximate surface area is 115 Å². The molecule has 0 radical (unpaired) electrons. The van der Waals surface area contributed by atoms with Crippen molar-refractivity contribution in [1.82, 2.24) is 9.78 Å². The van der Waals surface area contributed by atoms with E-state index in [-0.39, 0.29) is 24.3 Å². The average molecular weight is 276 g/mol. The van der Waals surface area contributed by atoms with Crippen molar-refractivity contribution in [2.45, 2.75) is 20.3 Å². The van der Waals surface area contributed by atoms with Gasteiger partial charge in [-0.15, -0.1) is 0 Å². The molecule has 0 atom stereocenters. The number of rotatable bonds is 4. The van der Waals surface area contributed by atoms with Gasteiger partial charge in [0.15, 0.2) is 0 Å². The zero-order valence-corrected chi connectivity index (χ0v) is 11.3. The molecule has 1 aromatic carbocycles. The summed E-state index contributed by atoms with van der Waals surface area (Å²) in [6, 6.07) is 5.52. The summed E-state index contributed by atoms with van der Waals surface area (Å²) in [6.45, 7) is 3.51. The molecule has 0 aliphatic heterocycles. The third-order valence-electron chi connectivity index (χ3n) is 3.16. The summed E-state index contributed by atoms with van der Waals surface area (Å²) in [4.78, 5) is 23.4. The van der Waals surface area contributed by atoms with Gasteiger partial charge in [-0.3, -0.25) is 9.89 Å². The molecular formula is C14H16N2O4. The highest BCUT2D eigenvalue weighted by Gasteiger charge is 2.20. The molecule has 2 aromatic rings. The summed E-state index contributed by atoms with van der Waals surface area (Å²) in [5, 5.41) is 20.7. The van der Waals surface area contributed by atoms with E-state index in [0.717, 1.165) is 11.1 Å².